The smallest absolute Gasteiger partial charge is 0.258 e. The molecule has 1 aliphatic heterocycles. The molecule has 0 spiro atoms. The summed E-state index contributed by atoms with van der Waals surface area (Å²) in [5.41, 5.74) is 3.23. The summed E-state index contributed by atoms with van der Waals surface area (Å²) in [4.78, 5) is 20.4. The van der Waals surface area contributed by atoms with Crippen molar-refractivity contribution in [1.82, 2.24) is 9.80 Å². The van der Waals surface area contributed by atoms with E-state index in [0.717, 1.165) is 37.2 Å². The van der Waals surface area contributed by atoms with Crippen LogP contribution in [0.25, 0.3) is 0 Å². The van der Waals surface area contributed by atoms with Gasteiger partial charge in [0, 0.05) is 49.5 Å². The fourth-order valence-electron chi connectivity index (χ4n) is 5.47. The quantitative estimate of drug-likeness (QED) is 0.342. The van der Waals surface area contributed by atoms with E-state index in [1.54, 1.807) is 23.1 Å². The molecule has 0 bridgehead atoms. The van der Waals surface area contributed by atoms with Crippen molar-refractivity contribution in [3.8, 4) is 5.75 Å². The molecule has 6 heteroatoms. The Bertz CT molecular complexity index is 1250. The predicted octanol–water partition coefficient (Wildman–Crippen LogP) is 6.26. The van der Waals surface area contributed by atoms with Gasteiger partial charge in [0.25, 0.3) is 5.91 Å². The van der Waals surface area contributed by atoms with Gasteiger partial charge in [0.05, 0.1) is 6.04 Å². The minimum atomic E-state index is -0.329. The summed E-state index contributed by atoms with van der Waals surface area (Å²) >= 11 is 0. The zero-order chi connectivity index (χ0) is 27.2. The Balaban J connectivity index is 1.72. The monoisotopic (exact) mass is 515 g/mol. The molecule has 3 aromatic rings. The van der Waals surface area contributed by atoms with Gasteiger partial charge in [0.2, 0.25) is 0 Å². The number of carbonyl (C=O) groups excluding carboxylic acids is 1. The highest BCUT2D eigenvalue weighted by Gasteiger charge is 2.35. The van der Waals surface area contributed by atoms with E-state index in [0.29, 0.717) is 23.8 Å². The van der Waals surface area contributed by atoms with Crippen LogP contribution in [0.5, 0.6) is 5.75 Å². The third kappa shape index (κ3) is 6.14. The first-order chi connectivity index (χ1) is 18.3. The maximum Gasteiger partial charge on any atom is 0.258 e. The van der Waals surface area contributed by atoms with Crippen LogP contribution in [-0.2, 0) is 0 Å². The molecule has 0 radical (unpaired) electrons. The summed E-state index contributed by atoms with van der Waals surface area (Å²) in [6.07, 6.45) is 2.73. The molecular weight excluding hydrogens is 477 g/mol. The molecule has 3 atom stereocenters. The molecule has 1 heterocycles. The van der Waals surface area contributed by atoms with Crippen LogP contribution in [0.15, 0.2) is 85.5 Å². The van der Waals surface area contributed by atoms with E-state index < -0.39 is 0 Å². The van der Waals surface area contributed by atoms with Crippen LogP contribution in [0.3, 0.4) is 0 Å². The number of aromatic hydroxyl groups is 1. The Kier molecular flexibility index (Phi) is 8.97. The van der Waals surface area contributed by atoms with Crippen LogP contribution in [0.2, 0.25) is 0 Å². The Labute approximate surface area is 225 Å². The Morgan fingerprint density at radius 3 is 2.39 bits per heavy atom. The molecule has 1 saturated heterocycles. The average Bonchev–Trinajstić information content (AvgIpc) is 2.91. The molecule has 1 N–H and O–H groups in total. The van der Waals surface area contributed by atoms with Gasteiger partial charge in [0.1, 0.15) is 11.6 Å². The molecule has 1 amide bonds. The standard InChI is InChI=1S/C32H38FN3O2/c1-5-17-34-21-24(4)36(22-23(34)3)31(26-10-8-12-30(37)20-26)25-9-7-11-27(19-25)32(38)35(18-6-2)29-15-13-28(33)14-16-29/h5,7-16,19-20,23-24,31,37H,1,6,17-18,21-22H2,2-4H3/t23-,24+,31-/m1/s1. The number of carbonyl (C=O) groups is 1. The third-order valence-electron chi connectivity index (χ3n) is 7.32. The molecule has 5 nitrogen and oxygen atoms in total. The largest absolute Gasteiger partial charge is 0.508 e. The van der Waals surface area contributed by atoms with Gasteiger partial charge >= 0.3 is 0 Å². The van der Waals surface area contributed by atoms with Crippen molar-refractivity contribution >= 4 is 11.6 Å². The summed E-state index contributed by atoms with van der Waals surface area (Å²) in [5.74, 6) is -0.228. The SMILES string of the molecule is C=CCN1C[C@H](C)N([C@@H](c2cccc(O)c2)c2cccc(C(=O)N(CCC)c3ccc(F)cc3)c2)C[C@H]1C. The predicted molar refractivity (Wildman–Crippen MR) is 152 cm³/mol. The first kappa shape index (κ1) is 27.6. The molecule has 3 aromatic carbocycles. The topological polar surface area (TPSA) is 47.0 Å². The van der Waals surface area contributed by atoms with Crippen molar-refractivity contribution in [3.63, 3.8) is 0 Å². The molecule has 0 unspecified atom stereocenters. The van der Waals surface area contributed by atoms with Crippen LogP contribution in [0, 0.1) is 5.82 Å². The number of anilines is 1. The van der Waals surface area contributed by atoms with Crippen LogP contribution >= 0.6 is 0 Å². The molecule has 38 heavy (non-hydrogen) atoms. The van der Waals surface area contributed by atoms with Gasteiger partial charge in [-0.05, 0) is 79.9 Å². The molecule has 4 rings (SSSR count). The number of halogens is 1. The Morgan fingerprint density at radius 2 is 1.74 bits per heavy atom. The van der Waals surface area contributed by atoms with Crippen molar-refractivity contribution < 1.29 is 14.3 Å². The molecule has 0 aliphatic carbocycles. The lowest BCUT2D eigenvalue weighted by atomic mass is 9.92. The highest BCUT2D eigenvalue weighted by atomic mass is 19.1. The zero-order valence-corrected chi connectivity index (χ0v) is 22.6. The molecular formula is C32H38FN3O2. The highest BCUT2D eigenvalue weighted by molar-refractivity contribution is 6.06. The fourth-order valence-corrected chi connectivity index (χ4v) is 5.47. The Morgan fingerprint density at radius 1 is 1.05 bits per heavy atom. The lowest BCUT2D eigenvalue weighted by Crippen LogP contribution is -2.57. The second-order valence-electron chi connectivity index (χ2n) is 10.2. The van der Waals surface area contributed by atoms with Gasteiger partial charge in [-0.3, -0.25) is 14.6 Å². The molecule has 200 valence electrons. The van der Waals surface area contributed by atoms with E-state index in [4.69, 9.17) is 0 Å². The van der Waals surface area contributed by atoms with E-state index in [-0.39, 0.29) is 29.6 Å². The maximum atomic E-state index is 13.8. The van der Waals surface area contributed by atoms with Gasteiger partial charge in [-0.1, -0.05) is 37.3 Å². The molecule has 0 aromatic heterocycles. The minimum absolute atomic E-state index is 0.118. The number of phenols is 1. The van der Waals surface area contributed by atoms with E-state index in [1.165, 1.54) is 12.1 Å². The first-order valence-electron chi connectivity index (χ1n) is 13.4. The van der Waals surface area contributed by atoms with Crippen LogP contribution in [0.1, 0.15) is 54.7 Å². The van der Waals surface area contributed by atoms with Crippen molar-refractivity contribution in [3.05, 3.63) is 108 Å². The van der Waals surface area contributed by atoms with Crippen molar-refractivity contribution in [2.24, 2.45) is 0 Å². The number of phenolic OH excluding ortho intramolecular Hbond substituents is 1. The summed E-state index contributed by atoms with van der Waals surface area (Å²) in [5, 5.41) is 10.3. The van der Waals surface area contributed by atoms with Gasteiger partial charge in [0.15, 0.2) is 0 Å². The van der Waals surface area contributed by atoms with Gasteiger partial charge in [-0.15, -0.1) is 6.58 Å². The van der Waals surface area contributed by atoms with Crippen LogP contribution < -0.4 is 4.90 Å². The second kappa shape index (κ2) is 12.4. The van der Waals surface area contributed by atoms with Crippen molar-refractivity contribution in [2.75, 3.05) is 31.1 Å². The summed E-state index contributed by atoms with van der Waals surface area (Å²) in [6.45, 7) is 13.5. The number of piperazine rings is 1. The Hall–Kier alpha value is -3.48. The molecule has 1 fully saturated rings. The van der Waals surface area contributed by atoms with E-state index in [1.807, 2.05) is 49.4 Å². The number of hydrogen-bond donors (Lipinski definition) is 1. The minimum Gasteiger partial charge on any atom is -0.508 e. The number of benzene rings is 3. The lowest BCUT2D eigenvalue weighted by Gasteiger charge is -2.47. The van der Waals surface area contributed by atoms with Crippen LogP contribution in [0.4, 0.5) is 10.1 Å². The van der Waals surface area contributed by atoms with E-state index >= 15 is 0 Å². The highest BCUT2D eigenvalue weighted by Crippen LogP contribution is 2.35. The number of hydrogen-bond acceptors (Lipinski definition) is 4. The maximum absolute atomic E-state index is 13.8. The average molecular weight is 516 g/mol. The molecule has 0 saturated carbocycles. The van der Waals surface area contributed by atoms with Crippen molar-refractivity contribution in [2.45, 2.75) is 45.3 Å². The number of amides is 1. The van der Waals surface area contributed by atoms with Gasteiger partial charge in [-0.25, -0.2) is 4.39 Å². The summed E-state index contributed by atoms with van der Waals surface area (Å²) in [7, 11) is 0. The second-order valence-corrected chi connectivity index (χ2v) is 10.2. The normalized spacial score (nSPS) is 19.2. The van der Waals surface area contributed by atoms with E-state index in [9.17, 15) is 14.3 Å². The zero-order valence-electron chi connectivity index (χ0n) is 22.6. The fraction of sp³-hybridized carbons (Fsp3) is 0.344. The summed E-state index contributed by atoms with van der Waals surface area (Å²) < 4.78 is 13.6. The summed E-state index contributed by atoms with van der Waals surface area (Å²) in [6, 6.07) is 21.7. The number of nitrogens with zero attached hydrogens (tertiary/aromatic N) is 3. The third-order valence-corrected chi connectivity index (χ3v) is 7.32. The van der Waals surface area contributed by atoms with E-state index in [2.05, 4.69) is 36.3 Å². The van der Waals surface area contributed by atoms with Crippen molar-refractivity contribution in [1.29, 1.82) is 0 Å². The molecule has 1 aliphatic rings. The first-order valence-corrected chi connectivity index (χ1v) is 13.4. The van der Waals surface area contributed by atoms with Crippen LogP contribution in [-0.4, -0.2) is 59.1 Å². The van der Waals surface area contributed by atoms with Gasteiger partial charge < -0.3 is 10.0 Å². The van der Waals surface area contributed by atoms with Gasteiger partial charge in [-0.2, -0.15) is 0 Å². The lowest BCUT2D eigenvalue weighted by molar-refractivity contribution is 0.0306. The number of rotatable bonds is 9.